The van der Waals surface area contributed by atoms with Crippen LogP contribution in [-0.2, 0) is 18.3 Å². The molecule has 3 rings (SSSR count). The minimum absolute atomic E-state index is 0.207. The number of rotatable bonds is 9. The molecule has 0 aliphatic heterocycles. The Labute approximate surface area is 178 Å². The molecule has 0 bridgehead atoms. The van der Waals surface area contributed by atoms with E-state index in [1.807, 2.05) is 30.7 Å². The fourth-order valence-electron chi connectivity index (χ4n) is 3.18. The molecule has 0 saturated carbocycles. The van der Waals surface area contributed by atoms with E-state index in [-0.39, 0.29) is 5.92 Å². The van der Waals surface area contributed by atoms with Gasteiger partial charge in [0.2, 0.25) is 0 Å². The predicted octanol–water partition coefficient (Wildman–Crippen LogP) is 2.64. The van der Waals surface area contributed by atoms with E-state index in [2.05, 4.69) is 69.4 Å². The third kappa shape index (κ3) is 5.90. The summed E-state index contributed by atoms with van der Waals surface area (Å²) in [5.41, 5.74) is 2.52. The van der Waals surface area contributed by atoms with Crippen molar-refractivity contribution in [2.75, 3.05) is 26.8 Å². The normalized spacial score (nSPS) is 11.7. The second-order valence-corrected chi connectivity index (χ2v) is 7.06. The fourth-order valence-corrected chi connectivity index (χ4v) is 3.18. The highest BCUT2D eigenvalue weighted by molar-refractivity contribution is 5.79. The highest BCUT2D eigenvalue weighted by Gasteiger charge is 2.15. The lowest BCUT2D eigenvalue weighted by Crippen LogP contribution is -2.41. The highest BCUT2D eigenvalue weighted by Crippen LogP contribution is 2.23. The zero-order valence-corrected chi connectivity index (χ0v) is 17.9. The Hall–Kier alpha value is -3.19. The lowest BCUT2D eigenvalue weighted by atomic mass is 9.91. The Bertz CT molecular complexity index is 884. The first-order valence-corrected chi connectivity index (χ1v) is 10.1. The predicted molar refractivity (Wildman–Crippen MR) is 119 cm³/mol. The molecule has 7 heteroatoms. The van der Waals surface area contributed by atoms with Gasteiger partial charge in [0.1, 0.15) is 12.4 Å². The molecule has 2 N–H and O–H groups in total. The first-order chi connectivity index (χ1) is 14.7. The van der Waals surface area contributed by atoms with Gasteiger partial charge in [-0.3, -0.25) is 0 Å². The molecule has 0 spiro atoms. The molecule has 0 radical (unpaired) electrons. The van der Waals surface area contributed by atoms with E-state index in [1.54, 1.807) is 7.11 Å². The van der Waals surface area contributed by atoms with Crippen molar-refractivity contribution in [2.45, 2.75) is 19.4 Å². The molecule has 30 heavy (non-hydrogen) atoms. The summed E-state index contributed by atoms with van der Waals surface area (Å²) >= 11 is 0. The summed E-state index contributed by atoms with van der Waals surface area (Å²) in [6, 6.07) is 21.0. The number of aliphatic imine (C=N–C) groups is 1. The Kier molecular flexibility index (Phi) is 7.97. The molecule has 7 nitrogen and oxygen atoms in total. The van der Waals surface area contributed by atoms with Crippen molar-refractivity contribution in [1.29, 1.82) is 0 Å². The van der Waals surface area contributed by atoms with Crippen LogP contribution in [0, 0.1) is 6.92 Å². The Morgan fingerprint density at radius 2 is 1.63 bits per heavy atom. The van der Waals surface area contributed by atoms with Crippen molar-refractivity contribution < 1.29 is 4.74 Å². The third-order valence-electron chi connectivity index (χ3n) is 5.04. The van der Waals surface area contributed by atoms with Crippen molar-refractivity contribution in [2.24, 2.45) is 12.0 Å². The van der Waals surface area contributed by atoms with Crippen molar-refractivity contribution >= 4 is 5.96 Å². The van der Waals surface area contributed by atoms with E-state index in [9.17, 15) is 0 Å². The van der Waals surface area contributed by atoms with Crippen LogP contribution in [0.25, 0.3) is 0 Å². The van der Waals surface area contributed by atoms with E-state index in [0.717, 1.165) is 17.6 Å². The number of hydrogen-bond acceptors (Lipinski definition) is 4. The van der Waals surface area contributed by atoms with Gasteiger partial charge in [-0.2, -0.15) is 0 Å². The fraction of sp³-hybridized carbons (Fsp3) is 0.348. The second kappa shape index (κ2) is 11.1. The third-order valence-corrected chi connectivity index (χ3v) is 5.04. The molecule has 0 aliphatic carbocycles. The summed E-state index contributed by atoms with van der Waals surface area (Å²) in [6.07, 6.45) is 0. The number of nitrogens with one attached hydrogen (secondary N) is 2. The van der Waals surface area contributed by atoms with Crippen molar-refractivity contribution in [3.8, 4) is 0 Å². The molecule has 3 aromatic rings. The zero-order chi connectivity index (χ0) is 21.2. The first-order valence-electron chi connectivity index (χ1n) is 10.1. The average molecular weight is 407 g/mol. The van der Waals surface area contributed by atoms with E-state index < -0.39 is 0 Å². The van der Waals surface area contributed by atoms with E-state index >= 15 is 0 Å². The van der Waals surface area contributed by atoms with Gasteiger partial charge in [-0.15, -0.1) is 10.2 Å². The maximum absolute atomic E-state index is 5.17. The number of guanidine groups is 1. The van der Waals surface area contributed by atoms with Gasteiger partial charge in [0.05, 0.1) is 6.61 Å². The summed E-state index contributed by atoms with van der Waals surface area (Å²) in [5, 5.41) is 15.1. The largest absolute Gasteiger partial charge is 0.383 e. The SMILES string of the molecule is COCCNC(=NCc1nnc(C)n1C)NCC(c1ccccc1)c1ccccc1. The van der Waals surface area contributed by atoms with Gasteiger partial charge >= 0.3 is 0 Å². The molecular formula is C23H30N6O. The van der Waals surface area contributed by atoms with Gasteiger partial charge in [-0.1, -0.05) is 60.7 Å². The number of hydrogen-bond donors (Lipinski definition) is 2. The van der Waals surface area contributed by atoms with E-state index in [1.165, 1.54) is 11.1 Å². The van der Waals surface area contributed by atoms with Crippen molar-refractivity contribution in [3.63, 3.8) is 0 Å². The van der Waals surface area contributed by atoms with Crippen LogP contribution in [0.5, 0.6) is 0 Å². The highest BCUT2D eigenvalue weighted by atomic mass is 16.5. The quantitative estimate of drug-likeness (QED) is 0.325. The summed E-state index contributed by atoms with van der Waals surface area (Å²) in [7, 11) is 3.64. The van der Waals surface area contributed by atoms with E-state index in [0.29, 0.717) is 26.2 Å². The second-order valence-electron chi connectivity index (χ2n) is 7.06. The van der Waals surface area contributed by atoms with Crippen LogP contribution in [0.3, 0.4) is 0 Å². The van der Waals surface area contributed by atoms with E-state index in [4.69, 9.17) is 9.73 Å². The standard InChI is InChI=1S/C23H30N6O/c1-18-27-28-22(29(18)2)17-26-23(24-14-15-30-3)25-16-21(19-10-6-4-7-11-19)20-12-8-5-9-13-20/h4-13,21H,14-17H2,1-3H3,(H2,24,25,26). The zero-order valence-electron chi connectivity index (χ0n) is 17.9. The molecule has 0 fully saturated rings. The van der Waals surface area contributed by atoms with Gasteiger partial charge in [0.25, 0.3) is 0 Å². The lowest BCUT2D eigenvalue weighted by Gasteiger charge is -2.21. The Balaban J connectivity index is 1.75. The molecule has 0 aliphatic rings. The summed E-state index contributed by atoms with van der Waals surface area (Å²) in [6.45, 7) is 4.36. The van der Waals surface area contributed by atoms with Crippen LogP contribution in [0.15, 0.2) is 65.7 Å². The molecule has 0 unspecified atom stereocenters. The lowest BCUT2D eigenvalue weighted by molar-refractivity contribution is 0.203. The Morgan fingerprint density at radius 3 is 2.17 bits per heavy atom. The number of ether oxygens (including phenoxy) is 1. The first kappa shape index (κ1) is 21.5. The van der Waals surface area contributed by atoms with Crippen molar-refractivity contribution in [1.82, 2.24) is 25.4 Å². The van der Waals surface area contributed by atoms with Crippen LogP contribution >= 0.6 is 0 Å². The molecule has 0 atom stereocenters. The van der Waals surface area contributed by atoms with Crippen LogP contribution in [-0.4, -0.2) is 47.5 Å². The maximum Gasteiger partial charge on any atom is 0.191 e. The van der Waals surface area contributed by atoms with Crippen LogP contribution in [0.2, 0.25) is 0 Å². The molecule has 158 valence electrons. The molecule has 1 aromatic heterocycles. The topological polar surface area (TPSA) is 76.4 Å². The van der Waals surface area contributed by atoms with Crippen LogP contribution in [0.4, 0.5) is 0 Å². The molecule has 0 amide bonds. The average Bonchev–Trinajstić information content (AvgIpc) is 3.11. The summed E-state index contributed by atoms with van der Waals surface area (Å²) < 4.78 is 7.12. The monoisotopic (exact) mass is 406 g/mol. The van der Waals surface area contributed by atoms with Crippen LogP contribution < -0.4 is 10.6 Å². The van der Waals surface area contributed by atoms with Gasteiger partial charge in [-0.25, -0.2) is 4.99 Å². The number of aromatic nitrogens is 3. The molecule has 2 aromatic carbocycles. The maximum atomic E-state index is 5.17. The smallest absolute Gasteiger partial charge is 0.191 e. The van der Waals surface area contributed by atoms with Crippen LogP contribution in [0.1, 0.15) is 28.7 Å². The van der Waals surface area contributed by atoms with Gasteiger partial charge in [0.15, 0.2) is 11.8 Å². The number of methoxy groups -OCH3 is 1. The minimum Gasteiger partial charge on any atom is -0.383 e. The number of benzene rings is 2. The summed E-state index contributed by atoms with van der Waals surface area (Å²) in [4.78, 5) is 4.71. The van der Waals surface area contributed by atoms with Gasteiger partial charge in [-0.05, 0) is 18.1 Å². The van der Waals surface area contributed by atoms with Crippen molar-refractivity contribution in [3.05, 3.63) is 83.4 Å². The molecule has 0 saturated heterocycles. The minimum atomic E-state index is 0.207. The molecular weight excluding hydrogens is 376 g/mol. The number of nitrogens with zero attached hydrogens (tertiary/aromatic N) is 4. The molecule has 1 heterocycles. The van der Waals surface area contributed by atoms with Gasteiger partial charge in [0, 0.05) is 33.2 Å². The summed E-state index contributed by atoms with van der Waals surface area (Å²) in [5.74, 6) is 2.63. The van der Waals surface area contributed by atoms with Gasteiger partial charge < -0.3 is 19.9 Å². The Morgan fingerprint density at radius 1 is 1.00 bits per heavy atom. The number of aryl methyl sites for hydroxylation is 1.